The fourth-order valence-corrected chi connectivity index (χ4v) is 5.30. The zero-order chi connectivity index (χ0) is 22.4. The molecule has 11 nitrogen and oxygen atoms in total. The highest BCUT2D eigenvalue weighted by molar-refractivity contribution is 8.03. The van der Waals surface area contributed by atoms with Gasteiger partial charge in [0, 0.05) is 17.2 Å². The van der Waals surface area contributed by atoms with Crippen LogP contribution >= 0.6 is 11.8 Å². The Bertz CT molecular complexity index is 805. The van der Waals surface area contributed by atoms with E-state index in [0.29, 0.717) is 17.7 Å². The summed E-state index contributed by atoms with van der Waals surface area (Å²) in [6.07, 6.45) is 0.176. The quantitative estimate of drug-likeness (QED) is 0.291. The maximum atomic E-state index is 12.9. The van der Waals surface area contributed by atoms with Crippen LogP contribution in [0.25, 0.3) is 0 Å². The van der Waals surface area contributed by atoms with Gasteiger partial charge in [-0.1, -0.05) is 6.92 Å². The zero-order valence-corrected chi connectivity index (χ0v) is 19.6. The van der Waals surface area contributed by atoms with E-state index in [1.54, 1.807) is 27.7 Å². The lowest BCUT2D eigenvalue weighted by molar-refractivity contribution is -0.175. The highest BCUT2D eigenvalue weighted by atomic mass is 32.2. The van der Waals surface area contributed by atoms with Gasteiger partial charge in [0.25, 0.3) is 0 Å². The van der Waals surface area contributed by atoms with Crippen LogP contribution in [0, 0.1) is 17.3 Å². The van der Waals surface area contributed by atoms with Crippen molar-refractivity contribution >= 4 is 35.5 Å². The molecule has 0 aliphatic carbocycles. The van der Waals surface area contributed by atoms with Gasteiger partial charge in [0.2, 0.25) is 18.6 Å². The highest BCUT2D eigenvalue weighted by Gasteiger charge is 2.60. The normalized spacial score (nSPS) is 27.5. The third-order valence-electron chi connectivity index (χ3n) is 5.52. The van der Waals surface area contributed by atoms with E-state index in [9.17, 15) is 24.3 Å². The number of amides is 2. The van der Waals surface area contributed by atoms with Gasteiger partial charge in [-0.2, -0.15) is 0 Å². The van der Waals surface area contributed by atoms with E-state index in [-0.39, 0.29) is 45.8 Å². The molecule has 2 amide bonds. The predicted molar refractivity (Wildman–Crippen MR) is 114 cm³/mol. The second-order valence-corrected chi connectivity index (χ2v) is 10.2. The lowest BCUT2D eigenvalue weighted by Gasteiger charge is -2.46. The Morgan fingerprint density at radius 1 is 1.25 bits per heavy atom. The molecule has 182 valence electrons. The summed E-state index contributed by atoms with van der Waals surface area (Å²) in [5, 5.41) is 12.7. The van der Waals surface area contributed by atoms with Crippen molar-refractivity contribution in [2.75, 3.05) is 6.79 Å². The number of esters is 2. The molecular weight excluding hydrogens is 444 g/mol. The van der Waals surface area contributed by atoms with Crippen LogP contribution in [0.1, 0.15) is 47.5 Å². The lowest BCUT2D eigenvalue weighted by atomic mass is 9.79. The van der Waals surface area contributed by atoms with Crippen molar-refractivity contribution in [1.82, 2.24) is 10.2 Å². The first-order valence-corrected chi connectivity index (χ1v) is 10.9. The monoisotopic (exact) mass is 476 g/mol. The van der Waals surface area contributed by atoms with Gasteiger partial charge in [-0.05, 0) is 34.1 Å². The Morgan fingerprint density at radius 3 is 2.38 bits per heavy atom. The van der Waals surface area contributed by atoms with Gasteiger partial charge in [0.05, 0.1) is 28.9 Å². The Morgan fingerprint density at radius 2 is 1.88 bits per heavy atom. The number of thioether (sulfide) groups is 1. The summed E-state index contributed by atoms with van der Waals surface area (Å²) < 4.78 is 10.2. The first kappa shape index (κ1) is 27.9. The smallest absolute Gasteiger partial charge is 0.358 e. The largest absolute Gasteiger partial charge is 0.427 e. The van der Waals surface area contributed by atoms with Gasteiger partial charge < -0.3 is 35.7 Å². The van der Waals surface area contributed by atoms with E-state index in [0.717, 1.165) is 0 Å². The van der Waals surface area contributed by atoms with Gasteiger partial charge in [0.15, 0.2) is 0 Å². The molecule has 0 spiro atoms. The number of aliphatic hydroxyl groups is 1. The molecule has 0 aromatic carbocycles. The van der Waals surface area contributed by atoms with E-state index in [4.69, 9.17) is 9.47 Å². The molecule has 0 bridgehead atoms. The minimum absolute atomic E-state index is 0. The van der Waals surface area contributed by atoms with Crippen LogP contribution in [-0.4, -0.2) is 69.0 Å². The van der Waals surface area contributed by atoms with E-state index >= 15 is 0 Å². The molecule has 6 N–H and O–H groups in total. The van der Waals surface area contributed by atoms with Crippen LogP contribution in [0.5, 0.6) is 0 Å². The molecule has 0 unspecified atom stereocenters. The minimum atomic E-state index is -0.846. The topological polar surface area (TPSA) is 185 Å². The zero-order valence-electron chi connectivity index (χ0n) is 18.8. The average molecular weight is 477 g/mol. The molecule has 3 aliphatic heterocycles. The minimum Gasteiger partial charge on any atom is -0.427 e. The number of hydrogen-bond acceptors (Lipinski definition) is 8. The SMILES string of the molecule is C[C@@H](O)[C@H]1C(=O)N2C(C(=O)OCOC(=O)C(C)(C)C)=C(S[C@@H]3CCC(=O)N3)[C@H](C)[C@H]12.O.O. The van der Waals surface area contributed by atoms with E-state index in [1.165, 1.54) is 16.7 Å². The van der Waals surface area contributed by atoms with Crippen LogP contribution in [-0.2, 0) is 28.7 Å². The summed E-state index contributed by atoms with van der Waals surface area (Å²) in [4.78, 5) is 51.0. The van der Waals surface area contributed by atoms with Gasteiger partial charge in [0.1, 0.15) is 5.70 Å². The van der Waals surface area contributed by atoms with Crippen molar-refractivity contribution in [3.8, 4) is 0 Å². The maximum Gasteiger partial charge on any atom is 0.358 e. The molecule has 0 saturated carbocycles. The number of carbonyl (C=O) groups is 4. The maximum absolute atomic E-state index is 12.9. The second kappa shape index (κ2) is 10.2. The van der Waals surface area contributed by atoms with Gasteiger partial charge in [-0.3, -0.25) is 14.4 Å². The summed E-state index contributed by atoms with van der Waals surface area (Å²) in [5.74, 6) is -2.48. The van der Waals surface area contributed by atoms with Gasteiger partial charge in [-0.15, -0.1) is 11.8 Å². The van der Waals surface area contributed by atoms with Crippen molar-refractivity contribution in [3.05, 3.63) is 10.6 Å². The molecule has 5 atom stereocenters. The van der Waals surface area contributed by atoms with Crippen molar-refractivity contribution in [2.45, 2.75) is 65.0 Å². The Kier molecular flexibility index (Phi) is 8.88. The van der Waals surface area contributed by atoms with Crippen LogP contribution in [0.15, 0.2) is 10.6 Å². The molecule has 3 heterocycles. The lowest BCUT2D eigenvalue weighted by Crippen LogP contribution is -2.63. The summed E-state index contributed by atoms with van der Waals surface area (Å²) in [5.41, 5.74) is -0.634. The molecule has 2 saturated heterocycles. The molecule has 0 aromatic heterocycles. The van der Waals surface area contributed by atoms with Gasteiger partial charge in [-0.25, -0.2) is 4.79 Å². The van der Waals surface area contributed by atoms with Crippen LogP contribution in [0.3, 0.4) is 0 Å². The van der Waals surface area contributed by atoms with Crippen molar-refractivity contribution in [3.63, 3.8) is 0 Å². The number of hydrogen-bond donors (Lipinski definition) is 2. The van der Waals surface area contributed by atoms with Gasteiger partial charge >= 0.3 is 11.9 Å². The average Bonchev–Trinajstić information content (AvgIpc) is 3.14. The van der Waals surface area contributed by atoms with Crippen molar-refractivity contribution in [1.29, 1.82) is 0 Å². The fourth-order valence-electron chi connectivity index (χ4n) is 3.92. The molecule has 0 radical (unpaired) electrons. The molecule has 12 heteroatoms. The highest BCUT2D eigenvalue weighted by Crippen LogP contribution is 2.51. The van der Waals surface area contributed by atoms with E-state index < -0.39 is 36.2 Å². The number of nitrogens with zero attached hydrogens (tertiary/aromatic N) is 1. The Hall–Kier alpha value is -2.15. The number of rotatable bonds is 6. The number of ether oxygens (including phenoxy) is 2. The van der Waals surface area contributed by atoms with Crippen LogP contribution < -0.4 is 5.32 Å². The molecular formula is C20H32N2O9S. The Labute approximate surface area is 190 Å². The Balaban J connectivity index is 0.00000256. The number of fused-ring (bicyclic) bond motifs is 1. The summed E-state index contributed by atoms with van der Waals surface area (Å²) >= 11 is 1.33. The third kappa shape index (κ3) is 5.08. The number of nitrogens with one attached hydrogen (secondary N) is 1. The number of aliphatic hydroxyl groups excluding tert-OH is 1. The first-order chi connectivity index (χ1) is 13.9. The molecule has 3 aliphatic rings. The molecule has 0 aromatic rings. The van der Waals surface area contributed by atoms with E-state index in [2.05, 4.69) is 5.32 Å². The summed E-state index contributed by atoms with van der Waals surface area (Å²) in [6.45, 7) is 7.93. The summed E-state index contributed by atoms with van der Waals surface area (Å²) in [6, 6.07) is -0.350. The number of carbonyl (C=O) groups excluding carboxylic acids is 4. The van der Waals surface area contributed by atoms with Crippen LogP contribution in [0.2, 0.25) is 0 Å². The van der Waals surface area contributed by atoms with E-state index in [1.807, 2.05) is 6.92 Å². The van der Waals surface area contributed by atoms with Crippen molar-refractivity contribution in [2.24, 2.45) is 17.3 Å². The predicted octanol–water partition coefficient (Wildman–Crippen LogP) is -0.535. The van der Waals surface area contributed by atoms with Crippen molar-refractivity contribution < 1.29 is 44.7 Å². The van der Waals surface area contributed by atoms with Crippen LogP contribution in [0.4, 0.5) is 0 Å². The molecule has 2 fully saturated rings. The molecule has 32 heavy (non-hydrogen) atoms. The first-order valence-electron chi connectivity index (χ1n) is 9.99. The third-order valence-corrected chi connectivity index (χ3v) is 6.98. The molecule has 3 rings (SSSR count). The standard InChI is InChI=1S/C20H28N2O7S.2H2O/c1-9-14-13(10(2)23)17(25)22(14)15(16(9)30-12-7-6-11(24)21-12)18(26)28-8-29-19(27)20(3,4)5;;/h9-10,12-14,23H,6-8H2,1-5H3,(H,21,24);2*1H2/t9-,10-,12-,13-,14-;;/m1../s1. The summed E-state index contributed by atoms with van der Waals surface area (Å²) in [7, 11) is 0. The second-order valence-electron chi connectivity index (χ2n) is 8.91. The fraction of sp³-hybridized carbons (Fsp3) is 0.700. The number of β-lactam (4-membered cyclic amide) rings is 1.